The summed E-state index contributed by atoms with van der Waals surface area (Å²) in [5, 5.41) is 10.8. The first-order valence-corrected chi connectivity index (χ1v) is 10.6. The number of piperidine rings is 1. The normalized spacial score (nSPS) is 16.0. The molecule has 0 radical (unpaired) electrons. The van der Waals surface area contributed by atoms with Crippen molar-refractivity contribution in [1.82, 2.24) is 9.55 Å². The van der Waals surface area contributed by atoms with Gasteiger partial charge in [-0.15, -0.1) is 0 Å². The van der Waals surface area contributed by atoms with E-state index in [1.165, 1.54) is 0 Å². The molecule has 2 aromatic heterocycles. The van der Waals surface area contributed by atoms with Gasteiger partial charge in [0.1, 0.15) is 17.1 Å². The van der Waals surface area contributed by atoms with Gasteiger partial charge in [-0.3, -0.25) is 4.79 Å². The topological polar surface area (TPSA) is 75.1 Å². The van der Waals surface area contributed by atoms with Crippen LogP contribution in [0.3, 0.4) is 0 Å². The van der Waals surface area contributed by atoms with E-state index in [0.717, 1.165) is 65.1 Å². The molecule has 3 heterocycles. The maximum atomic E-state index is 12.9. The van der Waals surface area contributed by atoms with E-state index in [-0.39, 0.29) is 16.5 Å². The first kappa shape index (κ1) is 19.4. The third-order valence-electron chi connectivity index (χ3n) is 6.63. The van der Waals surface area contributed by atoms with Gasteiger partial charge < -0.3 is 13.9 Å². The standard InChI is InChI=1S/C25H24N4O2/c1-16-8-9-17-20(14-16)28(3)23(30)18(15-26)22(17)29-12-10-25(2,11-13-29)24-27-19-6-4-5-7-21(19)31-24/h4-9,14H,10-13H2,1-3H3. The molecule has 0 amide bonds. The van der Waals surface area contributed by atoms with Crippen molar-refractivity contribution in [3.63, 3.8) is 0 Å². The molecule has 6 nitrogen and oxygen atoms in total. The number of pyridine rings is 1. The van der Waals surface area contributed by atoms with Crippen LogP contribution in [0.15, 0.2) is 51.7 Å². The van der Waals surface area contributed by atoms with Crippen LogP contribution >= 0.6 is 0 Å². The van der Waals surface area contributed by atoms with Crippen LogP contribution in [0.5, 0.6) is 0 Å². The lowest BCUT2D eigenvalue weighted by Crippen LogP contribution is -2.42. The summed E-state index contributed by atoms with van der Waals surface area (Å²) in [6.45, 7) is 5.64. The summed E-state index contributed by atoms with van der Waals surface area (Å²) in [4.78, 5) is 19.8. The lowest BCUT2D eigenvalue weighted by molar-refractivity contribution is 0.292. The van der Waals surface area contributed by atoms with Gasteiger partial charge in [-0.25, -0.2) is 4.98 Å². The summed E-state index contributed by atoms with van der Waals surface area (Å²) >= 11 is 0. The molecule has 0 atom stereocenters. The Labute approximate surface area is 180 Å². The number of anilines is 1. The second-order valence-electron chi connectivity index (χ2n) is 8.75. The van der Waals surface area contributed by atoms with E-state index in [1.807, 2.05) is 49.4 Å². The zero-order valence-corrected chi connectivity index (χ0v) is 18.0. The Balaban J connectivity index is 1.54. The lowest BCUT2D eigenvalue weighted by atomic mass is 9.80. The van der Waals surface area contributed by atoms with Crippen molar-refractivity contribution in [3.8, 4) is 6.07 Å². The SMILES string of the molecule is Cc1ccc2c(N3CCC(C)(c4nc5ccccc5o4)CC3)c(C#N)c(=O)n(C)c2c1. The van der Waals surface area contributed by atoms with Crippen LogP contribution in [0.4, 0.5) is 5.69 Å². The van der Waals surface area contributed by atoms with Gasteiger partial charge >= 0.3 is 0 Å². The predicted molar refractivity (Wildman–Crippen MR) is 121 cm³/mol. The number of aromatic nitrogens is 2. The Morgan fingerprint density at radius 1 is 1.16 bits per heavy atom. The Morgan fingerprint density at radius 2 is 1.90 bits per heavy atom. The van der Waals surface area contributed by atoms with E-state index in [0.29, 0.717) is 0 Å². The van der Waals surface area contributed by atoms with Crippen molar-refractivity contribution in [2.24, 2.45) is 7.05 Å². The Kier molecular flexibility index (Phi) is 4.37. The first-order valence-electron chi connectivity index (χ1n) is 10.6. The average molecular weight is 412 g/mol. The molecule has 1 aliphatic rings. The molecule has 1 aliphatic heterocycles. The molecule has 1 fully saturated rings. The molecule has 31 heavy (non-hydrogen) atoms. The highest BCUT2D eigenvalue weighted by atomic mass is 16.3. The molecular formula is C25H24N4O2. The number of hydrogen-bond donors (Lipinski definition) is 0. The maximum Gasteiger partial charge on any atom is 0.270 e. The van der Waals surface area contributed by atoms with Crippen LogP contribution < -0.4 is 10.5 Å². The van der Waals surface area contributed by atoms with Gasteiger partial charge in [-0.05, 0) is 43.5 Å². The molecule has 0 N–H and O–H groups in total. The van der Waals surface area contributed by atoms with Gasteiger partial charge in [0.25, 0.3) is 5.56 Å². The highest BCUT2D eigenvalue weighted by molar-refractivity contribution is 5.95. The van der Waals surface area contributed by atoms with Gasteiger partial charge in [0.15, 0.2) is 5.58 Å². The number of nitriles is 1. The number of rotatable bonds is 2. The van der Waals surface area contributed by atoms with Gasteiger partial charge in [0.05, 0.1) is 11.2 Å². The molecule has 0 bridgehead atoms. The predicted octanol–water partition coefficient (Wildman–Crippen LogP) is 4.42. The van der Waals surface area contributed by atoms with Crippen molar-refractivity contribution >= 4 is 27.7 Å². The summed E-state index contributed by atoms with van der Waals surface area (Å²) in [5.74, 6) is 0.762. The maximum absolute atomic E-state index is 12.9. The van der Waals surface area contributed by atoms with Crippen molar-refractivity contribution in [2.45, 2.75) is 32.1 Å². The largest absolute Gasteiger partial charge is 0.440 e. The summed E-state index contributed by atoms with van der Waals surface area (Å²) in [6.07, 6.45) is 1.65. The fourth-order valence-corrected chi connectivity index (χ4v) is 4.63. The Hall–Kier alpha value is -3.59. The molecule has 1 saturated heterocycles. The highest BCUT2D eigenvalue weighted by Gasteiger charge is 2.37. The third-order valence-corrected chi connectivity index (χ3v) is 6.63. The zero-order chi connectivity index (χ0) is 21.8. The summed E-state index contributed by atoms with van der Waals surface area (Å²) < 4.78 is 7.66. The van der Waals surface area contributed by atoms with Crippen molar-refractivity contribution < 1.29 is 4.42 Å². The number of aryl methyl sites for hydroxylation is 2. The second kappa shape index (κ2) is 6.98. The Bertz CT molecular complexity index is 1380. The minimum atomic E-state index is -0.247. The van der Waals surface area contributed by atoms with E-state index in [2.05, 4.69) is 17.9 Å². The minimum absolute atomic E-state index is 0.186. The molecule has 156 valence electrons. The van der Waals surface area contributed by atoms with E-state index in [1.54, 1.807) is 11.6 Å². The number of oxazole rings is 1. The van der Waals surface area contributed by atoms with Crippen LogP contribution in [-0.4, -0.2) is 22.6 Å². The van der Waals surface area contributed by atoms with Crippen LogP contribution in [0.25, 0.3) is 22.0 Å². The van der Waals surface area contributed by atoms with Crippen LogP contribution in [0.2, 0.25) is 0 Å². The fourth-order valence-electron chi connectivity index (χ4n) is 4.63. The van der Waals surface area contributed by atoms with Crippen molar-refractivity contribution in [1.29, 1.82) is 5.26 Å². The number of nitrogens with zero attached hydrogens (tertiary/aromatic N) is 4. The van der Waals surface area contributed by atoms with Gasteiger partial charge in [-0.2, -0.15) is 5.26 Å². The van der Waals surface area contributed by atoms with Gasteiger partial charge in [0.2, 0.25) is 5.89 Å². The number of benzene rings is 2. The Morgan fingerprint density at radius 3 is 2.61 bits per heavy atom. The first-order chi connectivity index (χ1) is 14.9. The number of fused-ring (bicyclic) bond motifs is 2. The van der Waals surface area contributed by atoms with E-state index >= 15 is 0 Å². The molecule has 5 rings (SSSR count). The van der Waals surface area contributed by atoms with Crippen LogP contribution in [0.1, 0.15) is 36.8 Å². The summed E-state index contributed by atoms with van der Waals surface area (Å²) in [6, 6.07) is 16.1. The molecule has 0 unspecified atom stereocenters. The summed E-state index contributed by atoms with van der Waals surface area (Å²) in [5.41, 5.74) is 4.15. The number of hydrogen-bond acceptors (Lipinski definition) is 5. The second-order valence-corrected chi connectivity index (χ2v) is 8.75. The quantitative estimate of drug-likeness (QED) is 0.487. The average Bonchev–Trinajstić information content (AvgIpc) is 3.22. The van der Waals surface area contributed by atoms with Crippen LogP contribution in [-0.2, 0) is 12.5 Å². The highest BCUT2D eigenvalue weighted by Crippen LogP contribution is 2.39. The summed E-state index contributed by atoms with van der Waals surface area (Å²) in [7, 11) is 1.73. The van der Waals surface area contributed by atoms with Gasteiger partial charge in [0, 0.05) is 30.9 Å². The molecule has 0 saturated carbocycles. The van der Waals surface area contributed by atoms with Crippen molar-refractivity contribution in [2.75, 3.05) is 18.0 Å². The molecule has 2 aromatic carbocycles. The van der Waals surface area contributed by atoms with E-state index < -0.39 is 0 Å². The van der Waals surface area contributed by atoms with E-state index in [9.17, 15) is 10.1 Å². The number of para-hydroxylation sites is 2. The van der Waals surface area contributed by atoms with Crippen LogP contribution in [0, 0.1) is 18.3 Å². The van der Waals surface area contributed by atoms with Crippen molar-refractivity contribution in [3.05, 3.63) is 69.8 Å². The fraction of sp³-hybridized carbons (Fsp3) is 0.320. The molecule has 4 aromatic rings. The smallest absolute Gasteiger partial charge is 0.270 e. The van der Waals surface area contributed by atoms with Gasteiger partial charge in [-0.1, -0.05) is 31.2 Å². The molecule has 0 spiro atoms. The molecular weight excluding hydrogens is 388 g/mol. The molecule has 0 aliphatic carbocycles. The monoisotopic (exact) mass is 412 g/mol. The van der Waals surface area contributed by atoms with E-state index in [4.69, 9.17) is 9.40 Å². The minimum Gasteiger partial charge on any atom is -0.440 e. The zero-order valence-electron chi connectivity index (χ0n) is 18.0. The third kappa shape index (κ3) is 3.00. The molecule has 6 heteroatoms. The lowest BCUT2D eigenvalue weighted by Gasteiger charge is -2.39.